The highest BCUT2D eigenvalue weighted by Gasteiger charge is 2.07. The molecule has 1 rings (SSSR count). The van der Waals surface area contributed by atoms with E-state index in [-0.39, 0.29) is 12.0 Å². The van der Waals surface area contributed by atoms with Crippen molar-refractivity contribution < 1.29 is 9.53 Å². The molecule has 0 heterocycles. The molecule has 1 atom stereocenters. The van der Waals surface area contributed by atoms with Gasteiger partial charge in [0.2, 0.25) is 0 Å². The Morgan fingerprint density at radius 1 is 1.22 bits per heavy atom. The first kappa shape index (κ1) is 14.7. The van der Waals surface area contributed by atoms with Crippen LogP contribution in [0, 0.1) is 0 Å². The van der Waals surface area contributed by atoms with Gasteiger partial charge in [0.1, 0.15) is 6.61 Å². The van der Waals surface area contributed by atoms with Gasteiger partial charge in [0.05, 0.1) is 0 Å². The number of hydrogen-bond acceptors (Lipinski definition) is 3. The largest absolute Gasteiger partial charge is 0.464 e. The molecule has 3 heteroatoms. The Kier molecular flexibility index (Phi) is 6.44. The minimum Gasteiger partial charge on any atom is -0.464 e. The SMILES string of the molecule is CCc1ccc(CNC(CC)COC(C)=O)cc1. The van der Waals surface area contributed by atoms with Crippen LogP contribution in [-0.4, -0.2) is 18.6 Å². The molecule has 0 fully saturated rings. The van der Waals surface area contributed by atoms with Crippen molar-refractivity contribution >= 4 is 5.97 Å². The van der Waals surface area contributed by atoms with E-state index in [2.05, 4.69) is 43.4 Å². The summed E-state index contributed by atoms with van der Waals surface area (Å²) in [5.41, 5.74) is 2.61. The van der Waals surface area contributed by atoms with E-state index in [1.165, 1.54) is 18.1 Å². The molecule has 0 spiro atoms. The summed E-state index contributed by atoms with van der Waals surface area (Å²) in [4.78, 5) is 10.8. The van der Waals surface area contributed by atoms with Crippen molar-refractivity contribution in [3.63, 3.8) is 0 Å². The molecule has 1 aromatic carbocycles. The van der Waals surface area contributed by atoms with E-state index < -0.39 is 0 Å². The lowest BCUT2D eigenvalue weighted by atomic mass is 10.1. The van der Waals surface area contributed by atoms with Crippen LogP contribution in [0.15, 0.2) is 24.3 Å². The Morgan fingerprint density at radius 2 is 1.83 bits per heavy atom. The molecule has 1 aromatic rings. The van der Waals surface area contributed by atoms with Gasteiger partial charge < -0.3 is 10.1 Å². The molecule has 1 unspecified atom stereocenters. The Bertz CT molecular complexity index is 359. The van der Waals surface area contributed by atoms with Crippen LogP contribution in [0.25, 0.3) is 0 Å². The Morgan fingerprint density at radius 3 is 2.33 bits per heavy atom. The monoisotopic (exact) mass is 249 g/mol. The molecule has 0 bridgehead atoms. The molecule has 0 aliphatic heterocycles. The third-order valence-electron chi connectivity index (χ3n) is 3.01. The third-order valence-corrected chi connectivity index (χ3v) is 3.01. The lowest BCUT2D eigenvalue weighted by Gasteiger charge is -2.16. The summed E-state index contributed by atoms with van der Waals surface area (Å²) in [6.07, 6.45) is 2.01. The molecule has 0 saturated heterocycles. The number of esters is 1. The normalized spacial score (nSPS) is 12.2. The van der Waals surface area contributed by atoms with Gasteiger partial charge in [0, 0.05) is 19.5 Å². The van der Waals surface area contributed by atoms with Crippen LogP contribution in [0.3, 0.4) is 0 Å². The number of aryl methyl sites for hydroxylation is 1. The van der Waals surface area contributed by atoms with Crippen molar-refractivity contribution in [1.82, 2.24) is 5.32 Å². The second kappa shape index (κ2) is 7.88. The standard InChI is InChI=1S/C15H23NO2/c1-4-13-6-8-14(9-7-13)10-16-15(5-2)11-18-12(3)17/h6-9,15-16H,4-5,10-11H2,1-3H3. The van der Waals surface area contributed by atoms with Gasteiger partial charge in [-0.05, 0) is 24.0 Å². The smallest absolute Gasteiger partial charge is 0.302 e. The summed E-state index contributed by atoms with van der Waals surface area (Å²) < 4.78 is 5.02. The van der Waals surface area contributed by atoms with E-state index in [0.29, 0.717) is 6.61 Å². The molecular weight excluding hydrogens is 226 g/mol. The second-order valence-corrected chi connectivity index (χ2v) is 4.46. The topological polar surface area (TPSA) is 38.3 Å². The zero-order valence-electron chi connectivity index (χ0n) is 11.5. The van der Waals surface area contributed by atoms with Gasteiger partial charge >= 0.3 is 5.97 Å². The van der Waals surface area contributed by atoms with E-state index in [9.17, 15) is 4.79 Å². The molecule has 100 valence electrons. The van der Waals surface area contributed by atoms with Gasteiger partial charge in [-0.2, -0.15) is 0 Å². The molecule has 0 aromatic heterocycles. The number of nitrogens with one attached hydrogen (secondary N) is 1. The molecule has 0 aliphatic rings. The van der Waals surface area contributed by atoms with Crippen LogP contribution in [0.1, 0.15) is 38.3 Å². The summed E-state index contributed by atoms with van der Waals surface area (Å²) in [7, 11) is 0. The summed E-state index contributed by atoms with van der Waals surface area (Å²) >= 11 is 0. The van der Waals surface area contributed by atoms with Crippen LogP contribution >= 0.6 is 0 Å². The molecule has 1 N–H and O–H groups in total. The molecule has 0 saturated carbocycles. The van der Waals surface area contributed by atoms with E-state index >= 15 is 0 Å². The maximum absolute atomic E-state index is 10.8. The maximum atomic E-state index is 10.8. The molecule has 18 heavy (non-hydrogen) atoms. The quantitative estimate of drug-likeness (QED) is 0.755. The summed E-state index contributed by atoms with van der Waals surface area (Å²) in [6, 6.07) is 8.82. The molecule has 0 aliphatic carbocycles. The van der Waals surface area contributed by atoms with Gasteiger partial charge in [-0.3, -0.25) is 4.79 Å². The fraction of sp³-hybridized carbons (Fsp3) is 0.533. The van der Waals surface area contributed by atoms with Crippen LogP contribution < -0.4 is 5.32 Å². The van der Waals surface area contributed by atoms with Crippen molar-refractivity contribution in [2.24, 2.45) is 0 Å². The fourth-order valence-electron chi connectivity index (χ4n) is 1.69. The van der Waals surface area contributed by atoms with Gasteiger partial charge in [0.15, 0.2) is 0 Å². The zero-order chi connectivity index (χ0) is 13.4. The van der Waals surface area contributed by atoms with Gasteiger partial charge in [-0.15, -0.1) is 0 Å². The van der Waals surface area contributed by atoms with Gasteiger partial charge in [-0.1, -0.05) is 38.1 Å². The van der Waals surface area contributed by atoms with E-state index in [1.807, 2.05) is 0 Å². The predicted molar refractivity (Wildman–Crippen MR) is 73.4 cm³/mol. The third kappa shape index (κ3) is 5.32. The van der Waals surface area contributed by atoms with Crippen molar-refractivity contribution in [3.8, 4) is 0 Å². The molecular formula is C15H23NO2. The van der Waals surface area contributed by atoms with E-state index in [0.717, 1.165) is 19.4 Å². The first-order valence-electron chi connectivity index (χ1n) is 6.60. The lowest BCUT2D eigenvalue weighted by molar-refractivity contribution is -0.141. The molecule has 3 nitrogen and oxygen atoms in total. The highest BCUT2D eigenvalue weighted by atomic mass is 16.5. The summed E-state index contributed by atoms with van der Waals surface area (Å²) in [5, 5.41) is 3.40. The average Bonchev–Trinajstić information content (AvgIpc) is 2.39. The lowest BCUT2D eigenvalue weighted by Crippen LogP contribution is -2.33. The number of rotatable bonds is 7. The first-order chi connectivity index (χ1) is 8.65. The average molecular weight is 249 g/mol. The molecule has 0 amide bonds. The van der Waals surface area contributed by atoms with E-state index in [1.54, 1.807) is 0 Å². The first-order valence-corrected chi connectivity index (χ1v) is 6.60. The zero-order valence-corrected chi connectivity index (χ0v) is 11.5. The van der Waals surface area contributed by atoms with Crippen molar-refractivity contribution in [3.05, 3.63) is 35.4 Å². The van der Waals surface area contributed by atoms with Crippen LogP contribution in [0.4, 0.5) is 0 Å². The Labute approximate surface area is 110 Å². The highest BCUT2D eigenvalue weighted by molar-refractivity contribution is 5.65. The van der Waals surface area contributed by atoms with Crippen molar-refractivity contribution in [1.29, 1.82) is 0 Å². The summed E-state index contributed by atoms with van der Waals surface area (Å²) in [6.45, 7) is 6.93. The van der Waals surface area contributed by atoms with Crippen molar-refractivity contribution in [2.75, 3.05) is 6.61 Å². The summed E-state index contributed by atoms with van der Waals surface area (Å²) in [5.74, 6) is -0.220. The number of ether oxygens (including phenoxy) is 1. The Balaban J connectivity index is 2.38. The van der Waals surface area contributed by atoms with E-state index in [4.69, 9.17) is 4.74 Å². The fourth-order valence-corrected chi connectivity index (χ4v) is 1.69. The number of carbonyl (C=O) groups excluding carboxylic acids is 1. The van der Waals surface area contributed by atoms with Gasteiger partial charge in [-0.25, -0.2) is 0 Å². The van der Waals surface area contributed by atoms with Crippen LogP contribution in [0.5, 0.6) is 0 Å². The number of benzene rings is 1. The van der Waals surface area contributed by atoms with Crippen LogP contribution in [0.2, 0.25) is 0 Å². The van der Waals surface area contributed by atoms with Crippen LogP contribution in [-0.2, 0) is 22.5 Å². The highest BCUT2D eigenvalue weighted by Crippen LogP contribution is 2.05. The van der Waals surface area contributed by atoms with Gasteiger partial charge in [0.25, 0.3) is 0 Å². The minimum atomic E-state index is -0.220. The Hall–Kier alpha value is -1.35. The second-order valence-electron chi connectivity index (χ2n) is 4.46. The predicted octanol–water partition coefficient (Wildman–Crippen LogP) is 2.68. The molecule has 0 radical (unpaired) electrons. The minimum absolute atomic E-state index is 0.220. The number of hydrogen-bond donors (Lipinski definition) is 1. The maximum Gasteiger partial charge on any atom is 0.302 e. The van der Waals surface area contributed by atoms with Crippen molar-refractivity contribution in [2.45, 2.75) is 46.2 Å². The number of carbonyl (C=O) groups is 1.